The normalized spacial score (nSPS) is 15.5. The first-order chi connectivity index (χ1) is 16.7. The summed E-state index contributed by atoms with van der Waals surface area (Å²) in [6.45, 7) is 0. The van der Waals surface area contributed by atoms with Crippen LogP contribution in [0.4, 0.5) is 11.4 Å². The van der Waals surface area contributed by atoms with Crippen LogP contribution in [-0.2, 0) is 0 Å². The summed E-state index contributed by atoms with van der Waals surface area (Å²) in [4.78, 5) is 0. The topological polar surface area (TPSA) is 40.0 Å². The SMILES string of the molecule is Clc1ccc(N/N=C\c2ccc(N3N=C(c4ccccc4)C[C@H]3c3ccccc3)cc2)c(Cl)c1. The Morgan fingerprint density at radius 3 is 2.26 bits per heavy atom. The molecule has 34 heavy (non-hydrogen) atoms. The van der Waals surface area contributed by atoms with Crippen LogP contribution in [0.2, 0.25) is 10.0 Å². The molecule has 0 spiro atoms. The second-order valence-corrected chi connectivity index (χ2v) is 8.82. The molecule has 1 atom stereocenters. The number of halogens is 2. The fourth-order valence-electron chi connectivity index (χ4n) is 3.96. The van der Waals surface area contributed by atoms with E-state index in [9.17, 15) is 0 Å². The molecule has 0 fully saturated rings. The third-order valence-electron chi connectivity index (χ3n) is 5.69. The van der Waals surface area contributed by atoms with E-state index in [4.69, 9.17) is 28.3 Å². The van der Waals surface area contributed by atoms with Crippen LogP contribution < -0.4 is 10.4 Å². The van der Waals surface area contributed by atoms with Crippen LogP contribution in [0.1, 0.15) is 29.2 Å². The molecular weight excluding hydrogens is 463 g/mol. The molecule has 0 saturated heterocycles. The van der Waals surface area contributed by atoms with E-state index in [-0.39, 0.29) is 6.04 Å². The monoisotopic (exact) mass is 484 g/mol. The van der Waals surface area contributed by atoms with Gasteiger partial charge in [-0.3, -0.25) is 10.4 Å². The van der Waals surface area contributed by atoms with Gasteiger partial charge >= 0.3 is 0 Å². The van der Waals surface area contributed by atoms with Crippen LogP contribution in [-0.4, -0.2) is 11.9 Å². The average molecular weight is 485 g/mol. The molecule has 0 unspecified atom stereocenters. The number of nitrogens with one attached hydrogen (secondary N) is 1. The Balaban J connectivity index is 1.37. The molecule has 1 heterocycles. The Bertz CT molecular complexity index is 1320. The van der Waals surface area contributed by atoms with Gasteiger partial charge in [-0.15, -0.1) is 0 Å². The number of anilines is 2. The lowest BCUT2D eigenvalue weighted by Gasteiger charge is -2.24. The number of hydrogen-bond acceptors (Lipinski definition) is 4. The van der Waals surface area contributed by atoms with Gasteiger partial charge < -0.3 is 0 Å². The van der Waals surface area contributed by atoms with Crippen molar-refractivity contribution in [2.45, 2.75) is 12.5 Å². The Morgan fingerprint density at radius 2 is 1.56 bits per heavy atom. The van der Waals surface area contributed by atoms with E-state index in [2.05, 4.69) is 76.2 Å². The number of nitrogens with zero attached hydrogens (tertiary/aromatic N) is 3. The van der Waals surface area contributed by atoms with Crippen molar-refractivity contribution in [1.82, 2.24) is 0 Å². The minimum atomic E-state index is 0.143. The van der Waals surface area contributed by atoms with Crippen molar-refractivity contribution < 1.29 is 0 Å². The standard InChI is InChI=1S/C28H22Cl2N4/c29-23-13-16-26(25(30)17-23)32-31-19-20-11-14-24(15-12-20)34-28(22-9-5-2-6-10-22)18-27(33-34)21-7-3-1-4-8-21/h1-17,19,28,32H,18H2/b31-19-/t28-/m0/s1. The first-order valence-electron chi connectivity index (χ1n) is 11.0. The summed E-state index contributed by atoms with van der Waals surface area (Å²) in [6.07, 6.45) is 2.61. The zero-order valence-electron chi connectivity index (χ0n) is 18.3. The van der Waals surface area contributed by atoms with Gasteiger partial charge in [-0.05, 0) is 47.0 Å². The minimum Gasteiger partial charge on any atom is -0.277 e. The highest BCUT2D eigenvalue weighted by molar-refractivity contribution is 6.36. The Labute approximate surface area is 209 Å². The number of benzene rings is 4. The van der Waals surface area contributed by atoms with Crippen molar-refractivity contribution in [3.05, 3.63) is 130 Å². The lowest BCUT2D eigenvalue weighted by atomic mass is 9.98. The lowest BCUT2D eigenvalue weighted by Crippen LogP contribution is -2.18. The summed E-state index contributed by atoms with van der Waals surface area (Å²) in [7, 11) is 0. The Hall–Kier alpha value is -3.60. The predicted octanol–water partition coefficient (Wildman–Crippen LogP) is 7.80. The third kappa shape index (κ3) is 4.98. The second-order valence-electron chi connectivity index (χ2n) is 7.97. The van der Waals surface area contributed by atoms with Crippen LogP contribution in [0.3, 0.4) is 0 Å². The van der Waals surface area contributed by atoms with E-state index in [0.29, 0.717) is 15.7 Å². The number of hydrogen-bond donors (Lipinski definition) is 1. The number of rotatable bonds is 6. The van der Waals surface area contributed by atoms with E-state index in [1.54, 1.807) is 24.4 Å². The van der Waals surface area contributed by atoms with E-state index in [0.717, 1.165) is 28.9 Å². The second kappa shape index (κ2) is 10.1. The van der Waals surface area contributed by atoms with E-state index >= 15 is 0 Å². The van der Waals surface area contributed by atoms with Crippen molar-refractivity contribution in [3.8, 4) is 0 Å². The summed E-state index contributed by atoms with van der Waals surface area (Å²) in [5.74, 6) is 0. The molecule has 4 aromatic carbocycles. The molecule has 5 rings (SSSR count). The molecule has 4 nitrogen and oxygen atoms in total. The van der Waals surface area contributed by atoms with Gasteiger partial charge in [0.05, 0.1) is 34.4 Å². The number of hydrazone groups is 2. The fourth-order valence-corrected chi connectivity index (χ4v) is 4.41. The average Bonchev–Trinajstić information content (AvgIpc) is 3.32. The van der Waals surface area contributed by atoms with Gasteiger partial charge in [0.2, 0.25) is 0 Å². The van der Waals surface area contributed by atoms with Crippen molar-refractivity contribution in [2.24, 2.45) is 10.2 Å². The zero-order valence-corrected chi connectivity index (χ0v) is 19.8. The summed E-state index contributed by atoms with van der Waals surface area (Å²) in [5, 5.41) is 12.5. The fraction of sp³-hybridized carbons (Fsp3) is 0.0714. The molecule has 0 amide bonds. The van der Waals surface area contributed by atoms with Gasteiger partial charge in [0.25, 0.3) is 0 Å². The van der Waals surface area contributed by atoms with Crippen LogP contribution in [0.25, 0.3) is 0 Å². The van der Waals surface area contributed by atoms with Crippen LogP contribution in [0.15, 0.2) is 113 Å². The van der Waals surface area contributed by atoms with Gasteiger partial charge in [0.1, 0.15) is 0 Å². The quantitative estimate of drug-likeness (QED) is 0.224. The van der Waals surface area contributed by atoms with Crippen molar-refractivity contribution in [1.29, 1.82) is 0 Å². The molecule has 4 aromatic rings. The van der Waals surface area contributed by atoms with Crippen LogP contribution in [0.5, 0.6) is 0 Å². The molecule has 0 bridgehead atoms. The molecule has 0 radical (unpaired) electrons. The van der Waals surface area contributed by atoms with Crippen molar-refractivity contribution in [2.75, 3.05) is 10.4 Å². The van der Waals surface area contributed by atoms with E-state index in [1.165, 1.54) is 5.56 Å². The molecular formula is C28H22Cl2N4. The Morgan fingerprint density at radius 1 is 0.853 bits per heavy atom. The van der Waals surface area contributed by atoms with Crippen LogP contribution >= 0.6 is 23.2 Å². The minimum absolute atomic E-state index is 0.143. The molecule has 1 aliphatic rings. The molecule has 0 aromatic heterocycles. The molecule has 1 aliphatic heterocycles. The van der Waals surface area contributed by atoms with Crippen molar-refractivity contribution >= 4 is 46.5 Å². The summed E-state index contributed by atoms with van der Waals surface area (Å²) in [6, 6.07) is 34.5. The van der Waals surface area contributed by atoms with Gasteiger partial charge in [-0.2, -0.15) is 10.2 Å². The molecule has 0 saturated carbocycles. The van der Waals surface area contributed by atoms with Gasteiger partial charge in [-0.1, -0.05) is 96.0 Å². The summed E-state index contributed by atoms with van der Waals surface area (Å²) >= 11 is 12.1. The highest BCUT2D eigenvalue weighted by atomic mass is 35.5. The predicted molar refractivity (Wildman–Crippen MR) is 143 cm³/mol. The van der Waals surface area contributed by atoms with Gasteiger partial charge in [-0.25, -0.2) is 0 Å². The molecule has 168 valence electrons. The highest BCUT2D eigenvalue weighted by Gasteiger charge is 2.29. The Kier molecular flexibility index (Phi) is 6.61. The lowest BCUT2D eigenvalue weighted by molar-refractivity contribution is 0.709. The third-order valence-corrected chi connectivity index (χ3v) is 6.24. The molecule has 6 heteroatoms. The van der Waals surface area contributed by atoms with Gasteiger partial charge in [0, 0.05) is 11.4 Å². The summed E-state index contributed by atoms with van der Waals surface area (Å²) in [5.41, 5.74) is 9.14. The van der Waals surface area contributed by atoms with Crippen LogP contribution in [0, 0.1) is 0 Å². The smallest absolute Gasteiger partial charge is 0.0831 e. The highest BCUT2D eigenvalue weighted by Crippen LogP contribution is 2.36. The molecule has 0 aliphatic carbocycles. The first kappa shape index (κ1) is 22.2. The van der Waals surface area contributed by atoms with E-state index < -0.39 is 0 Å². The maximum absolute atomic E-state index is 6.19. The van der Waals surface area contributed by atoms with E-state index in [1.807, 2.05) is 24.3 Å². The maximum atomic E-state index is 6.19. The summed E-state index contributed by atoms with van der Waals surface area (Å²) < 4.78 is 0. The largest absolute Gasteiger partial charge is 0.277 e. The first-order valence-corrected chi connectivity index (χ1v) is 11.7. The molecule has 1 N–H and O–H groups in total. The zero-order chi connectivity index (χ0) is 23.3. The maximum Gasteiger partial charge on any atom is 0.0831 e. The van der Waals surface area contributed by atoms with Gasteiger partial charge in [0.15, 0.2) is 0 Å². The van der Waals surface area contributed by atoms with Crippen molar-refractivity contribution in [3.63, 3.8) is 0 Å².